The second-order valence-corrected chi connectivity index (χ2v) is 5.19. The van der Waals surface area contributed by atoms with Crippen molar-refractivity contribution in [2.24, 2.45) is 0 Å². The van der Waals surface area contributed by atoms with Crippen LogP contribution in [0.1, 0.15) is 17.0 Å². The van der Waals surface area contributed by atoms with Crippen molar-refractivity contribution in [2.45, 2.75) is 6.42 Å². The van der Waals surface area contributed by atoms with E-state index in [9.17, 15) is 9.90 Å². The Morgan fingerprint density at radius 1 is 1.04 bits per heavy atom. The van der Waals surface area contributed by atoms with Crippen LogP contribution in [0.5, 0.6) is 0 Å². The number of fused-ring (bicyclic) bond motifs is 1. The van der Waals surface area contributed by atoms with Gasteiger partial charge in [0.25, 0.3) is 0 Å². The second kappa shape index (κ2) is 6.91. The van der Waals surface area contributed by atoms with Crippen molar-refractivity contribution in [1.29, 1.82) is 0 Å². The number of ether oxygens (including phenoxy) is 1. The van der Waals surface area contributed by atoms with Crippen LogP contribution >= 0.6 is 0 Å². The fourth-order valence-electron chi connectivity index (χ4n) is 2.33. The number of carbonyl (C=O) groups is 1. The minimum Gasteiger partial charge on any atom is -0.507 e. The number of hydrogen-bond acceptors (Lipinski definition) is 5. The molecule has 1 heterocycles. The third-order valence-electron chi connectivity index (χ3n) is 3.56. The molecule has 120 valence electrons. The highest BCUT2D eigenvalue weighted by Crippen LogP contribution is 2.19. The first-order valence-corrected chi connectivity index (χ1v) is 7.46. The molecule has 24 heavy (non-hydrogen) atoms. The Hall–Kier alpha value is -3.21. The van der Waals surface area contributed by atoms with Crippen LogP contribution < -0.4 is 0 Å². The Balaban J connectivity index is 2.10. The van der Waals surface area contributed by atoms with E-state index in [2.05, 4.69) is 9.97 Å². The lowest BCUT2D eigenvalue weighted by Crippen LogP contribution is -2.09. The summed E-state index contributed by atoms with van der Waals surface area (Å²) < 4.78 is 4.72. The smallest absolute Gasteiger partial charge is 0.311 e. The summed E-state index contributed by atoms with van der Waals surface area (Å²) in [6.45, 7) is 0. The Bertz CT molecular complexity index is 905. The maximum Gasteiger partial charge on any atom is 0.311 e. The Morgan fingerprint density at radius 2 is 1.67 bits per heavy atom. The van der Waals surface area contributed by atoms with Gasteiger partial charge in [-0.05, 0) is 12.1 Å². The van der Waals surface area contributed by atoms with E-state index in [4.69, 9.17) is 4.74 Å². The fraction of sp³-hybridized carbons (Fsp3) is 0.105. The predicted molar refractivity (Wildman–Crippen MR) is 92.2 cm³/mol. The molecule has 3 rings (SSSR count). The largest absolute Gasteiger partial charge is 0.507 e. The first-order valence-electron chi connectivity index (χ1n) is 7.46. The number of aliphatic hydroxyl groups is 1. The molecule has 0 saturated carbocycles. The topological polar surface area (TPSA) is 72.3 Å². The third-order valence-corrected chi connectivity index (χ3v) is 3.56. The van der Waals surface area contributed by atoms with Gasteiger partial charge in [0.05, 0.1) is 36.0 Å². The average molecular weight is 320 g/mol. The standard InChI is InChI=1S/C19H16N2O3/c1-24-19(23)12-17-16(11-18(22)13-7-3-2-4-8-13)20-14-9-5-6-10-15(14)21-17/h2-11,22H,12H2,1H3/b18-11-. The van der Waals surface area contributed by atoms with Gasteiger partial charge in [0.15, 0.2) is 0 Å². The first-order chi connectivity index (χ1) is 11.7. The summed E-state index contributed by atoms with van der Waals surface area (Å²) >= 11 is 0. The number of carbonyl (C=O) groups excluding carboxylic acids is 1. The SMILES string of the molecule is COC(=O)Cc1nc2ccccc2nc1/C=C(\O)c1ccccc1. The summed E-state index contributed by atoms with van der Waals surface area (Å²) in [7, 11) is 1.33. The van der Waals surface area contributed by atoms with Gasteiger partial charge in [-0.1, -0.05) is 42.5 Å². The Kier molecular flexibility index (Phi) is 4.52. The van der Waals surface area contributed by atoms with Gasteiger partial charge >= 0.3 is 5.97 Å². The van der Waals surface area contributed by atoms with E-state index in [-0.39, 0.29) is 12.2 Å². The molecule has 0 fully saturated rings. The van der Waals surface area contributed by atoms with Gasteiger partial charge in [-0.25, -0.2) is 9.97 Å². The molecule has 0 atom stereocenters. The van der Waals surface area contributed by atoms with E-state index in [1.165, 1.54) is 13.2 Å². The molecule has 5 heteroatoms. The normalized spacial score (nSPS) is 11.5. The highest BCUT2D eigenvalue weighted by atomic mass is 16.5. The summed E-state index contributed by atoms with van der Waals surface area (Å²) in [5.74, 6) is -0.347. The van der Waals surface area contributed by atoms with Gasteiger partial charge in [0.1, 0.15) is 5.76 Å². The molecule has 0 amide bonds. The number of benzene rings is 2. The number of aromatic nitrogens is 2. The Morgan fingerprint density at radius 3 is 2.33 bits per heavy atom. The van der Waals surface area contributed by atoms with Crippen LogP contribution in [-0.2, 0) is 16.0 Å². The molecule has 2 aromatic carbocycles. The van der Waals surface area contributed by atoms with Gasteiger partial charge in [-0.15, -0.1) is 0 Å². The van der Waals surface area contributed by atoms with Crippen molar-refractivity contribution in [1.82, 2.24) is 9.97 Å². The molecule has 1 N–H and O–H groups in total. The molecule has 3 aromatic rings. The van der Waals surface area contributed by atoms with Gasteiger partial charge < -0.3 is 9.84 Å². The van der Waals surface area contributed by atoms with Crippen LogP contribution in [0.2, 0.25) is 0 Å². The van der Waals surface area contributed by atoms with Gasteiger partial charge in [0.2, 0.25) is 0 Å². The molecule has 0 aliphatic rings. The lowest BCUT2D eigenvalue weighted by Gasteiger charge is -2.07. The zero-order valence-electron chi connectivity index (χ0n) is 13.1. The lowest BCUT2D eigenvalue weighted by atomic mass is 10.1. The molecule has 0 aliphatic heterocycles. The summed E-state index contributed by atoms with van der Waals surface area (Å²) in [6, 6.07) is 16.5. The fourth-order valence-corrected chi connectivity index (χ4v) is 2.33. The lowest BCUT2D eigenvalue weighted by molar-refractivity contribution is -0.139. The van der Waals surface area contributed by atoms with E-state index >= 15 is 0 Å². The van der Waals surface area contributed by atoms with E-state index < -0.39 is 5.97 Å². The van der Waals surface area contributed by atoms with Gasteiger partial charge in [-0.3, -0.25) is 4.79 Å². The number of methoxy groups -OCH3 is 1. The maximum absolute atomic E-state index is 11.7. The monoisotopic (exact) mass is 320 g/mol. The summed E-state index contributed by atoms with van der Waals surface area (Å²) in [4.78, 5) is 20.7. The molecular formula is C19H16N2O3. The second-order valence-electron chi connectivity index (χ2n) is 5.19. The number of nitrogens with zero attached hydrogens (tertiary/aromatic N) is 2. The zero-order valence-corrected chi connectivity index (χ0v) is 13.1. The highest BCUT2D eigenvalue weighted by Gasteiger charge is 2.13. The van der Waals surface area contributed by atoms with Crippen molar-refractivity contribution < 1.29 is 14.6 Å². The van der Waals surface area contributed by atoms with Gasteiger partial charge in [0, 0.05) is 11.6 Å². The molecule has 0 bridgehead atoms. The summed E-state index contributed by atoms with van der Waals surface area (Å²) in [6.07, 6.45) is 1.51. The maximum atomic E-state index is 11.7. The third kappa shape index (κ3) is 3.41. The minimum absolute atomic E-state index is 0.0117. The van der Waals surface area contributed by atoms with Crippen molar-refractivity contribution in [3.05, 3.63) is 71.5 Å². The van der Waals surface area contributed by atoms with Crippen molar-refractivity contribution in [3.63, 3.8) is 0 Å². The van der Waals surface area contributed by atoms with Crippen LogP contribution in [-0.4, -0.2) is 28.2 Å². The predicted octanol–water partition coefficient (Wildman–Crippen LogP) is 3.40. The van der Waals surface area contributed by atoms with E-state index in [1.807, 2.05) is 42.5 Å². The van der Waals surface area contributed by atoms with Crippen molar-refractivity contribution in [3.8, 4) is 0 Å². The number of aliphatic hydroxyl groups excluding tert-OH is 1. The van der Waals surface area contributed by atoms with E-state index in [0.29, 0.717) is 28.0 Å². The van der Waals surface area contributed by atoms with Gasteiger partial charge in [-0.2, -0.15) is 0 Å². The summed E-state index contributed by atoms with van der Waals surface area (Å²) in [5.41, 5.74) is 2.95. The Labute approximate surface area is 139 Å². The van der Waals surface area contributed by atoms with E-state index in [0.717, 1.165) is 0 Å². The number of para-hydroxylation sites is 2. The molecule has 0 radical (unpaired) electrons. The molecule has 5 nitrogen and oxygen atoms in total. The first kappa shape index (κ1) is 15.7. The molecule has 0 aliphatic carbocycles. The number of rotatable bonds is 4. The van der Waals surface area contributed by atoms with Crippen LogP contribution in [0.15, 0.2) is 54.6 Å². The van der Waals surface area contributed by atoms with Crippen LogP contribution in [0, 0.1) is 0 Å². The van der Waals surface area contributed by atoms with Crippen LogP contribution in [0.4, 0.5) is 0 Å². The van der Waals surface area contributed by atoms with Crippen molar-refractivity contribution >= 4 is 28.8 Å². The van der Waals surface area contributed by atoms with Crippen LogP contribution in [0.3, 0.4) is 0 Å². The molecule has 1 aromatic heterocycles. The molecule has 0 saturated heterocycles. The van der Waals surface area contributed by atoms with E-state index in [1.54, 1.807) is 12.1 Å². The molecule has 0 unspecified atom stereocenters. The highest BCUT2D eigenvalue weighted by molar-refractivity contribution is 5.82. The average Bonchev–Trinajstić information content (AvgIpc) is 2.62. The minimum atomic E-state index is -0.409. The molecule has 0 spiro atoms. The molecular weight excluding hydrogens is 304 g/mol. The number of esters is 1. The van der Waals surface area contributed by atoms with Crippen molar-refractivity contribution in [2.75, 3.05) is 7.11 Å². The van der Waals surface area contributed by atoms with Crippen LogP contribution in [0.25, 0.3) is 22.9 Å². The summed E-state index contributed by atoms with van der Waals surface area (Å²) in [5, 5.41) is 10.3. The quantitative estimate of drug-likeness (QED) is 0.589. The number of hydrogen-bond donors (Lipinski definition) is 1. The zero-order chi connectivity index (χ0) is 16.9.